The molecule has 0 bridgehead atoms. The summed E-state index contributed by atoms with van der Waals surface area (Å²) < 4.78 is 50.5. The highest BCUT2D eigenvalue weighted by Crippen LogP contribution is 2.25. The molecule has 154 valence electrons. The zero-order valence-electron chi connectivity index (χ0n) is 16.1. The summed E-state index contributed by atoms with van der Waals surface area (Å²) >= 11 is 0. The number of rotatable bonds is 5. The number of benzene rings is 2. The maximum absolute atomic E-state index is 11.7. The molecule has 30 heavy (non-hydrogen) atoms. The van der Waals surface area contributed by atoms with E-state index >= 15 is 0 Å². The Morgan fingerprint density at radius 1 is 0.867 bits per heavy atom. The summed E-state index contributed by atoms with van der Waals surface area (Å²) in [5, 5.41) is 4.65. The summed E-state index contributed by atoms with van der Waals surface area (Å²) in [5.41, 5.74) is 3.92. The van der Waals surface area contributed by atoms with Crippen molar-refractivity contribution in [1.29, 1.82) is 0 Å². The number of nitrogens with one attached hydrogen (secondary N) is 1. The van der Waals surface area contributed by atoms with Crippen LogP contribution in [0.15, 0.2) is 71.8 Å². The second kappa shape index (κ2) is 7.22. The van der Waals surface area contributed by atoms with Crippen LogP contribution in [0.5, 0.6) is 0 Å². The van der Waals surface area contributed by atoms with E-state index in [1.807, 2.05) is 12.1 Å². The summed E-state index contributed by atoms with van der Waals surface area (Å²) in [6, 6.07) is 17.1. The minimum absolute atomic E-state index is 0.240. The molecule has 0 unspecified atom stereocenters. The molecule has 2 aromatic carbocycles. The van der Waals surface area contributed by atoms with E-state index in [0.29, 0.717) is 22.7 Å². The van der Waals surface area contributed by atoms with E-state index < -0.39 is 19.9 Å². The summed E-state index contributed by atoms with van der Waals surface area (Å²) in [7, 11) is -6.66. The number of aromatic nitrogens is 3. The molecule has 0 amide bonds. The highest BCUT2D eigenvalue weighted by Gasteiger charge is 2.12. The van der Waals surface area contributed by atoms with Crippen LogP contribution in [-0.2, 0) is 19.9 Å². The Labute approximate surface area is 174 Å². The van der Waals surface area contributed by atoms with Gasteiger partial charge < -0.3 is 0 Å². The molecule has 2 aromatic heterocycles. The summed E-state index contributed by atoms with van der Waals surface area (Å²) in [5.74, 6) is 0. The number of hydrogen-bond acceptors (Lipinski definition) is 6. The average molecular weight is 443 g/mol. The molecule has 0 saturated carbocycles. The van der Waals surface area contributed by atoms with Crippen LogP contribution in [0.2, 0.25) is 0 Å². The van der Waals surface area contributed by atoms with Gasteiger partial charge in [0.25, 0.3) is 0 Å². The van der Waals surface area contributed by atoms with E-state index in [0.717, 1.165) is 23.6 Å². The van der Waals surface area contributed by atoms with Crippen molar-refractivity contribution < 1.29 is 16.8 Å². The van der Waals surface area contributed by atoms with Crippen LogP contribution in [0.1, 0.15) is 0 Å². The SMILES string of the molecule is CS(=O)(=O)Nc1cccc(-c2ccc3ncc(-c4ccc(S(C)(=O)=O)cc4)n3n2)c1. The fourth-order valence-corrected chi connectivity index (χ4v) is 4.24. The normalized spacial score (nSPS) is 12.2. The molecular weight excluding hydrogens is 424 g/mol. The van der Waals surface area contributed by atoms with E-state index in [-0.39, 0.29) is 4.90 Å². The van der Waals surface area contributed by atoms with Crippen molar-refractivity contribution in [3.63, 3.8) is 0 Å². The van der Waals surface area contributed by atoms with Gasteiger partial charge in [-0.05, 0) is 36.4 Å². The summed E-state index contributed by atoms with van der Waals surface area (Å²) in [6.07, 6.45) is 3.93. The first-order valence-electron chi connectivity index (χ1n) is 8.84. The molecule has 0 atom stereocenters. The van der Waals surface area contributed by atoms with Crippen LogP contribution in [0.3, 0.4) is 0 Å². The Hall–Kier alpha value is -3.24. The van der Waals surface area contributed by atoms with Gasteiger partial charge in [-0.25, -0.2) is 26.3 Å². The number of anilines is 1. The first-order valence-corrected chi connectivity index (χ1v) is 12.6. The number of nitrogens with zero attached hydrogens (tertiary/aromatic N) is 3. The largest absolute Gasteiger partial charge is 0.284 e. The van der Waals surface area contributed by atoms with Gasteiger partial charge in [-0.15, -0.1) is 0 Å². The third-order valence-corrected chi connectivity index (χ3v) is 6.14. The third-order valence-electron chi connectivity index (χ3n) is 4.40. The van der Waals surface area contributed by atoms with Gasteiger partial charge in [-0.1, -0.05) is 24.3 Å². The maximum Gasteiger partial charge on any atom is 0.229 e. The van der Waals surface area contributed by atoms with Gasteiger partial charge in [-0.3, -0.25) is 4.72 Å². The lowest BCUT2D eigenvalue weighted by Crippen LogP contribution is -2.09. The summed E-state index contributed by atoms with van der Waals surface area (Å²) in [4.78, 5) is 4.60. The van der Waals surface area contributed by atoms with E-state index in [1.165, 1.54) is 0 Å². The molecule has 0 saturated heterocycles. The standard InChI is InChI=1S/C20H18N4O4S2/c1-29(25,26)17-8-6-14(7-9-17)19-13-21-20-11-10-18(22-24(19)20)15-4-3-5-16(12-15)23-30(2,27)28/h3-13,23H,1-2H3. The van der Waals surface area contributed by atoms with Crippen molar-refractivity contribution >= 4 is 31.2 Å². The minimum atomic E-state index is -3.39. The molecule has 0 aliphatic heterocycles. The lowest BCUT2D eigenvalue weighted by Gasteiger charge is -2.08. The quantitative estimate of drug-likeness (QED) is 0.509. The van der Waals surface area contributed by atoms with Gasteiger partial charge in [0.15, 0.2) is 15.5 Å². The number of sulfone groups is 1. The van der Waals surface area contributed by atoms with Crippen LogP contribution in [0, 0.1) is 0 Å². The number of fused-ring (bicyclic) bond motifs is 1. The smallest absolute Gasteiger partial charge is 0.229 e. The first kappa shape index (κ1) is 20.0. The Bertz CT molecular complexity index is 1460. The average Bonchev–Trinajstić information content (AvgIpc) is 3.09. The molecule has 0 radical (unpaired) electrons. The fourth-order valence-electron chi connectivity index (χ4n) is 3.05. The molecular formula is C20H18N4O4S2. The minimum Gasteiger partial charge on any atom is -0.284 e. The van der Waals surface area contributed by atoms with Gasteiger partial charge in [0.05, 0.1) is 28.7 Å². The van der Waals surface area contributed by atoms with Gasteiger partial charge in [0.1, 0.15) is 0 Å². The fraction of sp³-hybridized carbons (Fsp3) is 0.100. The highest BCUT2D eigenvalue weighted by molar-refractivity contribution is 7.92. The Morgan fingerprint density at radius 2 is 1.60 bits per heavy atom. The second-order valence-corrected chi connectivity index (χ2v) is 10.6. The highest BCUT2D eigenvalue weighted by atomic mass is 32.2. The zero-order chi connectivity index (χ0) is 21.5. The van der Waals surface area contributed by atoms with E-state index in [2.05, 4.69) is 14.8 Å². The van der Waals surface area contributed by atoms with Crippen LogP contribution < -0.4 is 4.72 Å². The van der Waals surface area contributed by atoms with E-state index in [1.54, 1.807) is 59.2 Å². The maximum atomic E-state index is 11.7. The molecule has 8 nitrogen and oxygen atoms in total. The Balaban J connectivity index is 1.76. The second-order valence-electron chi connectivity index (χ2n) is 6.88. The lowest BCUT2D eigenvalue weighted by atomic mass is 10.1. The molecule has 0 aliphatic rings. The molecule has 2 heterocycles. The lowest BCUT2D eigenvalue weighted by molar-refractivity contribution is 0.601. The van der Waals surface area contributed by atoms with Crippen molar-refractivity contribution in [3.8, 4) is 22.5 Å². The molecule has 10 heteroatoms. The molecule has 0 aliphatic carbocycles. The van der Waals surface area contributed by atoms with Crippen molar-refractivity contribution in [2.45, 2.75) is 4.90 Å². The van der Waals surface area contributed by atoms with Crippen molar-refractivity contribution in [1.82, 2.24) is 14.6 Å². The van der Waals surface area contributed by atoms with Crippen LogP contribution >= 0.6 is 0 Å². The van der Waals surface area contributed by atoms with Crippen molar-refractivity contribution in [2.24, 2.45) is 0 Å². The topological polar surface area (TPSA) is 110 Å². The van der Waals surface area contributed by atoms with Gasteiger partial charge >= 0.3 is 0 Å². The van der Waals surface area contributed by atoms with Crippen LogP contribution in [-0.4, -0.2) is 43.9 Å². The predicted molar refractivity (Wildman–Crippen MR) is 115 cm³/mol. The number of imidazole rings is 1. The molecule has 4 aromatic rings. The summed E-state index contributed by atoms with van der Waals surface area (Å²) in [6.45, 7) is 0. The van der Waals surface area contributed by atoms with E-state index in [9.17, 15) is 16.8 Å². The van der Waals surface area contributed by atoms with Crippen LogP contribution in [0.25, 0.3) is 28.2 Å². The monoisotopic (exact) mass is 442 g/mol. The first-order chi connectivity index (χ1) is 14.1. The van der Waals surface area contributed by atoms with Gasteiger partial charge in [0, 0.05) is 23.1 Å². The number of hydrogen-bond donors (Lipinski definition) is 1. The predicted octanol–water partition coefficient (Wildman–Crippen LogP) is 2.84. The Kier molecular flexibility index (Phi) is 4.83. The molecule has 4 rings (SSSR count). The molecule has 0 spiro atoms. The van der Waals surface area contributed by atoms with E-state index in [4.69, 9.17) is 0 Å². The van der Waals surface area contributed by atoms with Crippen molar-refractivity contribution in [3.05, 3.63) is 66.9 Å². The molecule has 0 fully saturated rings. The third kappa shape index (κ3) is 4.19. The van der Waals surface area contributed by atoms with Gasteiger partial charge in [0.2, 0.25) is 10.0 Å². The van der Waals surface area contributed by atoms with Gasteiger partial charge in [-0.2, -0.15) is 5.10 Å². The number of sulfonamides is 1. The zero-order valence-corrected chi connectivity index (χ0v) is 17.8. The molecule has 1 N–H and O–H groups in total. The Morgan fingerprint density at radius 3 is 2.27 bits per heavy atom. The van der Waals surface area contributed by atoms with Crippen LogP contribution in [0.4, 0.5) is 5.69 Å². The van der Waals surface area contributed by atoms with Crippen molar-refractivity contribution in [2.75, 3.05) is 17.2 Å².